The number of likely N-dealkylation sites (tertiary alicyclic amines) is 1. The second-order valence-corrected chi connectivity index (χ2v) is 5.20. The molecule has 3 heteroatoms. The van der Waals surface area contributed by atoms with E-state index in [9.17, 15) is 0 Å². The topological polar surface area (TPSA) is 29.3 Å². The third-order valence-electron chi connectivity index (χ3n) is 3.12. The van der Waals surface area contributed by atoms with Crippen molar-refractivity contribution in [3.05, 3.63) is 34.3 Å². The zero-order chi connectivity index (χ0) is 10.8. The fraction of sp³-hybridized carbons (Fsp3) is 0.500. The molecule has 0 bridgehead atoms. The molecular weight excluding hydrogens is 252 g/mol. The lowest BCUT2D eigenvalue weighted by Crippen LogP contribution is -2.43. The summed E-state index contributed by atoms with van der Waals surface area (Å²) in [5.41, 5.74) is 7.51. The summed E-state index contributed by atoms with van der Waals surface area (Å²) in [6.45, 7) is 1.14. The minimum Gasteiger partial charge on any atom is -0.326 e. The van der Waals surface area contributed by atoms with Gasteiger partial charge in [0, 0.05) is 16.6 Å². The van der Waals surface area contributed by atoms with Crippen molar-refractivity contribution in [2.75, 3.05) is 13.6 Å². The van der Waals surface area contributed by atoms with Crippen LogP contribution in [0.1, 0.15) is 24.4 Å². The van der Waals surface area contributed by atoms with Crippen LogP contribution in [0, 0.1) is 0 Å². The Labute approximate surface area is 99.6 Å². The smallest absolute Gasteiger partial charge is 0.0496 e. The second-order valence-electron chi connectivity index (χ2n) is 4.29. The van der Waals surface area contributed by atoms with E-state index in [1.165, 1.54) is 12.0 Å². The highest BCUT2D eigenvalue weighted by molar-refractivity contribution is 9.10. The Balaban J connectivity index is 2.27. The van der Waals surface area contributed by atoms with E-state index >= 15 is 0 Å². The van der Waals surface area contributed by atoms with Gasteiger partial charge < -0.3 is 5.73 Å². The molecule has 1 fully saturated rings. The molecule has 2 atom stereocenters. The van der Waals surface area contributed by atoms with Crippen molar-refractivity contribution in [2.45, 2.75) is 24.9 Å². The molecule has 82 valence electrons. The maximum atomic E-state index is 6.19. The second kappa shape index (κ2) is 4.64. The highest BCUT2D eigenvalue weighted by atomic mass is 79.9. The molecule has 2 rings (SSSR count). The van der Waals surface area contributed by atoms with Gasteiger partial charge in [0.05, 0.1) is 0 Å². The van der Waals surface area contributed by atoms with Crippen LogP contribution >= 0.6 is 15.9 Å². The normalized spacial score (nSPS) is 27.9. The van der Waals surface area contributed by atoms with Crippen LogP contribution < -0.4 is 5.73 Å². The number of piperidine rings is 1. The first-order valence-electron chi connectivity index (χ1n) is 5.40. The quantitative estimate of drug-likeness (QED) is 0.849. The Morgan fingerprint density at radius 1 is 1.47 bits per heavy atom. The number of nitrogens with two attached hydrogens (primary N) is 1. The monoisotopic (exact) mass is 268 g/mol. The Morgan fingerprint density at radius 3 is 2.93 bits per heavy atom. The molecule has 1 heterocycles. The number of rotatable bonds is 1. The first-order chi connectivity index (χ1) is 7.18. The molecular formula is C12H17BrN2. The lowest BCUT2D eigenvalue weighted by molar-refractivity contribution is 0.163. The van der Waals surface area contributed by atoms with E-state index in [-0.39, 0.29) is 6.04 Å². The first-order valence-corrected chi connectivity index (χ1v) is 6.19. The molecule has 2 nitrogen and oxygen atoms in total. The van der Waals surface area contributed by atoms with Gasteiger partial charge in [-0.1, -0.05) is 28.1 Å². The van der Waals surface area contributed by atoms with Crippen LogP contribution in [0.25, 0.3) is 0 Å². The minimum absolute atomic E-state index is 0.262. The third kappa shape index (κ3) is 2.41. The third-order valence-corrected chi connectivity index (χ3v) is 3.61. The SMILES string of the molecule is CN1CCCC(N)C1c1cccc(Br)c1. The molecule has 0 saturated carbocycles. The van der Waals surface area contributed by atoms with Crippen LogP contribution in [-0.4, -0.2) is 24.5 Å². The van der Waals surface area contributed by atoms with Gasteiger partial charge in [-0.3, -0.25) is 4.90 Å². The van der Waals surface area contributed by atoms with Gasteiger partial charge in [0.2, 0.25) is 0 Å². The van der Waals surface area contributed by atoms with E-state index in [1.54, 1.807) is 0 Å². The lowest BCUT2D eigenvalue weighted by atomic mass is 9.91. The van der Waals surface area contributed by atoms with Gasteiger partial charge in [-0.15, -0.1) is 0 Å². The van der Waals surface area contributed by atoms with Gasteiger partial charge in [0.25, 0.3) is 0 Å². The fourth-order valence-corrected chi connectivity index (χ4v) is 2.81. The molecule has 0 aliphatic carbocycles. The molecule has 15 heavy (non-hydrogen) atoms. The summed E-state index contributed by atoms with van der Waals surface area (Å²) < 4.78 is 1.13. The summed E-state index contributed by atoms with van der Waals surface area (Å²) in [5, 5.41) is 0. The zero-order valence-electron chi connectivity index (χ0n) is 8.99. The van der Waals surface area contributed by atoms with Crippen molar-refractivity contribution in [3.8, 4) is 0 Å². The first kappa shape index (κ1) is 11.1. The van der Waals surface area contributed by atoms with Crippen molar-refractivity contribution >= 4 is 15.9 Å². The number of hydrogen-bond donors (Lipinski definition) is 1. The Kier molecular flexibility index (Phi) is 3.44. The van der Waals surface area contributed by atoms with E-state index in [2.05, 4.69) is 52.1 Å². The van der Waals surface area contributed by atoms with Crippen LogP contribution in [0.4, 0.5) is 0 Å². The van der Waals surface area contributed by atoms with Crippen molar-refractivity contribution in [3.63, 3.8) is 0 Å². The van der Waals surface area contributed by atoms with Gasteiger partial charge in [-0.25, -0.2) is 0 Å². The standard InChI is InChI=1S/C12H17BrN2/c1-15-7-3-6-11(14)12(15)9-4-2-5-10(13)8-9/h2,4-5,8,11-12H,3,6-7,14H2,1H3. The maximum absolute atomic E-state index is 6.19. The van der Waals surface area contributed by atoms with Crippen molar-refractivity contribution in [1.82, 2.24) is 4.90 Å². The van der Waals surface area contributed by atoms with E-state index in [0.29, 0.717) is 6.04 Å². The van der Waals surface area contributed by atoms with E-state index < -0.39 is 0 Å². The van der Waals surface area contributed by atoms with Crippen LogP contribution in [0.3, 0.4) is 0 Å². The van der Waals surface area contributed by atoms with Crippen LogP contribution in [0.2, 0.25) is 0 Å². The van der Waals surface area contributed by atoms with Crippen molar-refractivity contribution in [1.29, 1.82) is 0 Å². The summed E-state index contributed by atoms with van der Waals surface area (Å²) in [6, 6.07) is 9.10. The average molecular weight is 269 g/mol. The molecule has 1 aromatic carbocycles. The molecule has 1 saturated heterocycles. The highest BCUT2D eigenvalue weighted by Crippen LogP contribution is 2.29. The molecule has 2 N–H and O–H groups in total. The van der Waals surface area contributed by atoms with Gasteiger partial charge in [-0.2, -0.15) is 0 Å². The van der Waals surface area contributed by atoms with Crippen LogP contribution in [0.15, 0.2) is 28.7 Å². The van der Waals surface area contributed by atoms with Gasteiger partial charge in [-0.05, 0) is 44.1 Å². The number of benzene rings is 1. The molecule has 2 unspecified atom stereocenters. The maximum Gasteiger partial charge on any atom is 0.0496 e. The van der Waals surface area contributed by atoms with Gasteiger partial charge in [0.15, 0.2) is 0 Å². The summed E-state index contributed by atoms with van der Waals surface area (Å²) in [6.07, 6.45) is 2.34. The summed E-state index contributed by atoms with van der Waals surface area (Å²) in [4.78, 5) is 2.36. The number of nitrogens with zero attached hydrogens (tertiary/aromatic N) is 1. The number of halogens is 1. The summed E-state index contributed by atoms with van der Waals surface area (Å²) in [5.74, 6) is 0. The Morgan fingerprint density at radius 2 is 2.27 bits per heavy atom. The highest BCUT2D eigenvalue weighted by Gasteiger charge is 2.27. The Bertz CT molecular complexity index is 330. The predicted octanol–water partition coefficient (Wildman–Crippen LogP) is 2.54. The molecule has 0 aromatic heterocycles. The lowest BCUT2D eigenvalue weighted by Gasteiger charge is -2.37. The predicted molar refractivity (Wildman–Crippen MR) is 66.7 cm³/mol. The Hall–Kier alpha value is -0.380. The van der Waals surface area contributed by atoms with Crippen molar-refractivity contribution < 1.29 is 0 Å². The van der Waals surface area contributed by atoms with Gasteiger partial charge in [0.1, 0.15) is 0 Å². The van der Waals surface area contributed by atoms with Crippen LogP contribution in [-0.2, 0) is 0 Å². The van der Waals surface area contributed by atoms with Crippen molar-refractivity contribution in [2.24, 2.45) is 5.73 Å². The minimum atomic E-state index is 0.262. The molecule has 1 aliphatic rings. The molecule has 1 aliphatic heterocycles. The largest absolute Gasteiger partial charge is 0.326 e. The summed E-state index contributed by atoms with van der Waals surface area (Å²) >= 11 is 3.51. The molecule has 0 spiro atoms. The summed E-state index contributed by atoms with van der Waals surface area (Å²) in [7, 11) is 2.16. The van der Waals surface area contributed by atoms with E-state index in [1.807, 2.05) is 0 Å². The van der Waals surface area contributed by atoms with Crippen LogP contribution in [0.5, 0.6) is 0 Å². The molecule has 0 amide bonds. The number of likely N-dealkylation sites (N-methyl/N-ethyl adjacent to an activating group) is 1. The molecule has 1 aromatic rings. The van der Waals surface area contributed by atoms with Gasteiger partial charge >= 0.3 is 0 Å². The van der Waals surface area contributed by atoms with E-state index in [0.717, 1.165) is 17.4 Å². The zero-order valence-corrected chi connectivity index (χ0v) is 10.6. The molecule has 0 radical (unpaired) electrons. The van der Waals surface area contributed by atoms with E-state index in [4.69, 9.17) is 5.73 Å². The average Bonchev–Trinajstić information content (AvgIpc) is 2.17. The fourth-order valence-electron chi connectivity index (χ4n) is 2.39. The number of hydrogen-bond acceptors (Lipinski definition) is 2.